The Morgan fingerprint density at radius 2 is 1.83 bits per heavy atom. The van der Waals surface area contributed by atoms with E-state index in [-0.39, 0.29) is 23.4 Å². The highest BCUT2D eigenvalue weighted by molar-refractivity contribution is 5.73. The summed E-state index contributed by atoms with van der Waals surface area (Å²) in [6.45, 7) is 9.04. The molecule has 1 rings (SSSR count). The van der Waals surface area contributed by atoms with Crippen molar-refractivity contribution in [3.05, 3.63) is 0 Å². The Morgan fingerprint density at radius 1 is 1.28 bits per heavy atom. The number of ether oxygens (including phenoxy) is 1. The second-order valence-electron chi connectivity index (χ2n) is 7.02. The molecule has 0 aliphatic heterocycles. The van der Waals surface area contributed by atoms with Gasteiger partial charge in [-0.05, 0) is 43.4 Å². The molecule has 0 heterocycles. The van der Waals surface area contributed by atoms with E-state index in [9.17, 15) is 4.79 Å². The van der Waals surface area contributed by atoms with Gasteiger partial charge >= 0.3 is 5.97 Å². The Bertz CT molecular complexity index is 262. The van der Waals surface area contributed by atoms with Crippen molar-refractivity contribution >= 4 is 5.97 Å². The van der Waals surface area contributed by atoms with E-state index in [1.165, 1.54) is 12.8 Å². The molecular weight excluding hydrogens is 226 g/mol. The van der Waals surface area contributed by atoms with E-state index >= 15 is 0 Å². The third-order valence-corrected chi connectivity index (χ3v) is 3.72. The number of hydrogen-bond acceptors (Lipinski definition) is 3. The van der Waals surface area contributed by atoms with E-state index in [0.717, 1.165) is 25.2 Å². The summed E-state index contributed by atoms with van der Waals surface area (Å²) < 4.78 is 5.62. The largest absolute Gasteiger partial charge is 0.462 e. The summed E-state index contributed by atoms with van der Waals surface area (Å²) in [6.07, 6.45) is 5.29. The van der Waals surface area contributed by atoms with Gasteiger partial charge in [0.1, 0.15) is 6.10 Å². The average molecular weight is 255 g/mol. The van der Waals surface area contributed by atoms with Crippen LogP contribution in [0.2, 0.25) is 0 Å². The zero-order valence-corrected chi connectivity index (χ0v) is 12.4. The molecular formula is C15H29NO2. The summed E-state index contributed by atoms with van der Waals surface area (Å²) in [7, 11) is 0. The predicted molar refractivity (Wildman–Crippen MR) is 74.1 cm³/mol. The van der Waals surface area contributed by atoms with E-state index < -0.39 is 0 Å². The first-order valence-corrected chi connectivity index (χ1v) is 7.22. The van der Waals surface area contributed by atoms with Gasteiger partial charge in [-0.3, -0.25) is 4.79 Å². The van der Waals surface area contributed by atoms with Gasteiger partial charge in [0.25, 0.3) is 0 Å². The molecule has 0 bridgehead atoms. The lowest BCUT2D eigenvalue weighted by atomic mass is 9.84. The van der Waals surface area contributed by atoms with Crippen LogP contribution >= 0.6 is 0 Å². The first-order valence-electron chi connectivity index (χ1n) is 7.22. The van der Waals surface area contributed by atoms with Crippen molar-refractivity contribution in [2.75, 3.05) is 6.54 Å². The highest BCUT2D eigenvalue weighted by Gasteiger charge is 2.28. The summed E-state index contributed by atoms with van der Waals surface area (Å²) in [4.78, 5) is 12.1. The van der Waals surface area contributed by atoms with Crippen molar-refractivity contribution in [1.82, 2.24) is 0 Å². The van der Waals surface area contributed by atoms with Crippen LogP contribution in [0.1, 0.15) is 59.8 Å². The Balaban J connectivity index is 2.42. The molecule has 1 aliphatic rings. The first kappa shape index (κ1) is 15.5. The predicted octanol–water partition coefficient (Wildman–Crippen LogP) is 3.12. The van der Waals surface area contributed by atoms with Crippen LogP contribution in [0.25, 0.3) is 0 Å². The summed E-state index contributed by atoms with van der Waals surface area (Å²) in [5, 5.41) is 0. The molecule has 18 heavy (non-hydrogen) atoms. The minimum atomic E-state index is -0.149. The maximum atomic E-state index is 12.1. The lowest BCUT2D eigenvalue weighted by Gasteiger charge is -2.29. The molecule has 1 aliphatic carbocycles. The first-order chi connectivity index (χ1) is 8.31. The van der Waals surface area contributed by atoms with E-state index in [4.69, 9.17) is 10.5 Å². The summed E-state index contributed by atoms with van der Waals surface area (Å²) in [6, 6.07) is 0. The molecule has 106 valence electrons. The molecule has 0 aromatic rings. The van der Waals surface area contributed by atoms with Crippen molar-refractivity contribution in [2.45, 2.75) is 65.9 Å². The van der Waals surface area contributed by atoms with Crippen LogP contribution in [0.15, 0.2) is 0 Å². The van der Waals surface area contributed by atoms with Crippen LogP contribution < -0.4 is 5.73 Å². The molecule has 0 radical (unpaired) electrons. The summed E-state index contributed by atoms with van der Waals surface area (Å²) >= 11 is 0. The Labute approximate surface area is 111 Å². The van der Waals surface area contributed by atoms with Gasteiger partial charge in [-0.25, -0.2) is 0 Å². The highest BCUT2D eigenvalue weighted by Crippen LogP contribution is 2.28. The van der Waals surface area contributed by atoms with Crippen molar-refractivity contribution < 1.29 is 9.53 Å². The van der Waals surface area contributed by atoms with Crippen LogP contribution in [0.3, 0.4) is 0 Å². The molecule has 1 unspecified atom stereocenters. The minimum absolute atomic E-state index is 0.0908. The van der Waals surface area contributed by atoms with E-state index in [2.05, 4.69) is 27.7 Å². The highest BCUT2D eigenvalue weighted by atomic mass is 16.5. The Kier molecular flexibility index (Phi) is 5.64. The zero-order chi connectivity index (χ0) is 13.8. The monoisotopic (exact) mass is 255 g/mol. The van der Waals surface area contributed by atoms with Crippen LogP contribution in [0.4, 0.5) is 0 Å². The van der Waals surface area contributed by atoms with Crippen LogP contribution in [-0.4, -0.2) is 18.6 Å². The van der Waals surface area contributed by atoms with Gasteiger partial charge in [0, 0.05) is 6.54 Å². The summed E-state index contributed by atoms with van der Waals surface area (Å²) in [5.74, 6) is 0.538. The average Bonchev–Trinajstić information content (AvgIpc) is 2.27. The van der Waals surface area contributed by atoms with Crippen LogP contribution in [-0.2, 0) is 9.53 Å². The zero-order valence-electron chi connectivity index (χ0n) is 12.4. The van der Waals surface area contributed by atoms with Crippen molar-refractivity contribution in [3.8, 4) is 0 Å². The van der Waals surface area contributed by atoms with E-state index in [1.54, 1.807) is 0 Å². The van der Waals surface area contributed by atoms with Gasteiger partial charge in [0.15, 0.2) is 0 Å². The second-order valence-corrected chi connectivity index (χ2v) is 7.02. The van der Waals surface area contributed by atoms with Gasteiger partial charge in [-0.1, -0.05) is 27.7 Å². The van der Waals surface area contributed by atoms with Gasteiger partial charge in [0.2, 0.25) is 0 Å². The fourth-order valence-corrected chi connectivity index (χ4v) is 2.61. The third kappa shape index (κ3) is 5.38. The number of hydrogen-bond donors (Lipinski definition) is 1. The minimum Gasteiger partial charge on any atom is -0.462 e. The van der Waals surface area contributed by atoms with Crippen molar-refractivity contribution in [2.24, 2.45) is 23.0 Å². The van der Waals surface area contributed by atoms with Crippen LogP contribution in [0.5, 0.6) is 0 Å². The summed E-state index contributed by atoms with van der Waals surface area (Å²) in [5.41, 5.74) is 5.82. The standard InChI is InChI=1S/C15H29NO2/c1-11-5-7-13(8-6-11)18-14(17)12(10-16)9-15(2,3)4/h11-13H,5-10,16H2,1-4H3. The number of rotatable bonds is 4. The van der Waals surface area contributed by atoms with Crippen LogP contribution in [0, 0.1) is 17.3 Å². The lowest BCUT2D eigenvalue weighted by molar-refractivity contribution is -0.156. The van der Waals surface area contributed by atoms with Gasteiger partial charge < -0.3 is 10.5 Å². The molecule has 1 fully saturated rings. The number of nitrogens with two attached hydrogens (primary N) is 1. The molecule has 3 heteroatoms. The molecule has 1 saturated carbocycles. The molecule has 0 saturated heterocycles. The third-order valence-electron chi connectivity index (χ3n) is 3.72. The lowest BCUT2D eigenvalue weighted by Crippen LogP contribution is -2.33. The Hall–Kier alpha value is -0.570. The molecule has 0 aromatic carbocycles. The van der Waals surface area contributed by atoms with E-state index in [1.807, 2.05) is 0 Å². The van der Waals surface area contributed by atoms with Gasteiger partial charge in [-0.15, -0.1) is 0 Å². The fraction of sp³-hybridized carbons (Fsp3) is 0.933. The molecule has 1 atom stereocenters. The van der Waals surface area contributed by atoms with Gasteiger partial charge in [0.05, 0.1) is 5.92 Å². The van der Waals surface area contributed by atoms with E-state index in [0.29, 0.717) is 6.54 Å². The quantitative estimate of drug-likeness (QED) is 0.785. The Morgan fingerprint density at radius 3 is 2.28 bits per heavy atom. The number of carbonyl (C=O) groups excluding carboxylic acids is 1. The smallest absolute Gasteiger partial charge is 0.310 e. The SMILES string of the molecule is CC1CCC(OC(=O)C(CN)CC(C)(C)C)CC1. The maximum Gasteiger partial charge on any atom is 0.310 e. The number of carbonyl (C=O) groups is 1. The molecule has 0 aromatic heterocycles. The molecule has 0 spiro atoms. The molecule has 3 nitrogen and oxygen atoms in total. The molecule has 0 amide bonds. The normalized spacial score (nSPS) is 26.7. The fourth-order valence-electron chi connectivity index (χ4n) is 2.61. The van der Waals surface area contributed by atoms with Crippen molar-refractivity contribution in [3.63, 3.8) is 0 Å². The van der Waals surface area contributed by atoms with Crippen molar-refractivity contribution in [1.29, 1.82) is 0 Å². The van der Waals surface area contributed by atoms with Gasteiger partial charge in [-0.2, -0.15) is 0 Å². The topological polar surface area (TPSA) is 52.3 Å². The molecule has 2 N–H and O–H groups in total. The number of esters is 1. The maximum absolute atomic E-state index is 12.1. The second kappa shape index (κ2) is 6.55.